The summed E-state index contributed by atoms with van der Waals surface area (Å²) in [7, 11) is 0. The van der Waals surface area contributed by atoms with Crippen molar-refractivity contribution >= 4 is 29.9 Å². The maximum Gasteiger partial charge on any atom is 0.194 e. The molecule has 3 fully saturated rings. The van der Waals surface area contributed by atoms with Crippen LogP contribution < -0.4 is 5.32 Å². The van der Waals surface area contributed by atoms with Gasteiger partial charge in [-0.1, -0.05) is 29.8 Å². The van der Waals surface area contributed by atoms with Gasteiger partial charge in [0.1, 0.15) is 0 Å². The van der Waals surface area contributed by atoms with Gasteiger partial charge in [0, 0.05) is 44.7 Å². The lowest BCUT2D eigenvalue weighted by Crippen LogP contribution is -2.43. The summed E-state index contributed by atoms with van der Waals surface area (Å²) in [6, 6.07) is 9.24. The number of hydrogen-bond donors (Lipinski definition) is 1. The van der Waals surface area contributed by atoms with Gasteiger partial charge in [-0.2, -0.15) is 0 Å². The van der Waals surface area contributed by atoms with Gasteiger partial charge in [0.15, 0.2) is 5.96 Å². The molecule has 2 atom stereocenters. The highest BCUT2D eigenvalue weighted by molar-refractivity contribution is 14.0. The quantitative estimate of drug-likeness (QED) is 0.362. The molecule has 0 saturated carbocycles. The zero-order valence-electron chi connectivity index (χ0n) is 18.4. The van der Waals surface area contributed by atoms with Crippen LogP contribution in [-0.2, 0) is 9.47 Å². The third-order valence-electron chi connectivity index (χ3n) is 6.62. The van der Waals surface area contributed by atoms with Crippen molar-refractivity contribution in [3.05, 3.63) is 35.4 Å². The first-order chi connectivity index (χ1) is 14.2. The summed E-state index contributed by atoms with van der Waals surface area (Å²) >= 11 is 0. The Morgan fingerprint density at radius 3 is 2.53 bits per heavy atom. The molecule has 1 N–H and O–H groups in total. The van der Waals surface area contributed by atoms with Crippen molar-refractivity contribution < 1.29 is 9.47 Å². The second-order valence-electron chi connectivity index (χ2n) is 8.74. The van der Waals surface area contributed by atoms with Gasteiger partial charge in [-0.15, -0.1) is 24.0 Å². The smallest absolute Gasteiger partial charge is 0.194 e. The molecule has 3 aliphatic rings. The summed E-state index contributed by atoms with van der Waals surface area (Å²) in [6.45, 7) is 13.5. The Labute approximate surface area is 198 Å². The Morgan fingerprint density at radius 1 is 1.10 bits per heavy atom. The van der Waals surface area contributed by atoms with Crippen LogP contribution in [0.15, 0.2) is 29.3 Å². The summed E-state index contributed by atoms with van der Waals surface area (Å²) in [5, 5.41) is 3.54. The lowest BCUT2D eigenvalue weighted by Gasteiger charge is -2.34. The Kier molecular flexibility index (Phi) is 8.80. The fraction of sp³-hybridized carbons (Fsp3) is 0.696. The van der Waals surface area contributed by atoms with Gasteiger partial charge in [0.25, 0.3) is 0 Å². The molecule has 0 amide bonds. The van der Waals surface area contributed by atoms with E-state index in [1.54, 1.807) is 0 Å². The first-order valence-electron chi connectivity index (χ1n) is 11.2. The van der Waals surface area contributed by atoms with Crippen molar-refractivity contribution in [2.45, 2.75) is 32.7 Å². The van der Waals surface area contributed by atoms with E-state index in [9.17, 15) is 0 Å². The highest BCUT2D eigenvalue weighted by atomic mass is 127. The molecule has 168 valence electrons. The molecule has 0 radical (unpaired) electrons. The molecule has 3 saturated heterocycles. The number of hydrogen-bond acceptors (Lipinski definition) is 4. The molecule has 6 nitrogen and oxygen atoms in total. The highest BCUT2D eigenvalue weighted by Crippen LogP contribution is 2.38. The molecule has 0 aromatic heterocycles. The van der Waals surface area contributed by atoms with Gasteiger partial charge in [0.05, 0.1) is 32.4 Å². The Balaban J connectivity index is 0.00000256. The predicted octanol–water partition coefficient (Wildman–Crippen LogP) is 3.06. The van der Waals surface area contributed by atoms with Gasteiger partial charge < -0.3 is 19.7 Å². The molecular weight excluding hydrogens is 491 g/mol. The van der Waals surface area contributed by atoms with Crippen LogP contribution in [0.25, 0.3) is 0 Å². The van der Waals surface area contributed by atoms with Crippen LogP contribution in [0, 0.1) is 12.3 Å². The number of morpholine rings is 1. The molecule has 3 aliphatic heterocycles. The molecule has 2 unspecified atom stereocenters. The van der Waals surface area contributed by atoms with E-state index in [4.69, 9.17) is 14.5 Å². The third kappa shape index (κ3) is 5.66. The van der Waals surface area contributed by atoms with Crippen LogP contribution in [0.2, 0.25) is 0 Å². The van der Waals surface area contributed by atoms with Crippen molar-refractivity contribution in [3.8, 4) is 0 Å². The summed E-state index contributed by atoms with van der Waals surface area (Å²) < 4.78 is 11.3. The van der Waals surface area contributed by atoms with Gasteiger partial charge in [-0.25, -0.2) is 0 Å². The summed E-state index contributed by atoms with van der Waals surface area (Å²) in [4.78, 5) is 10.1. The number of nitrogens with zero attached hydrogens (tertiary/aromatic N) is 3. The average molecular weight is 528 g/mol. The summed E-state index contributed by atoms with van der Waals surface area (Å²) in [5.74, 6) is 1.06. The molecule has 4 rings (SSSR count). The predicted molar refractivity (Wildman–Crippen MR) is 132 cm³/mol. The van der Waals surface area contributed by atoms with Crippen molar-refractivity contribution in [2.24, 2.45) is 10.4 Å². The van der Waals surface area contributed by atoms with Gasteiger partial charge in [-0.05, 0) is 32.3 Å². The van der Waals surface area contributed by atoms with E-state index in [-0.39, 0.29) is 24.0 Å². The first-order valence-corrected chi connectivity index (χ1v) is 11.2. The number of benzene rings is 1. The normalized spacial score (nSPS) is 26.1. The zero-order valence-corrected chi connectivity index (χ0v) is 20.8. The van der Waals surface area contributed by atoms with E-state index < -0.39 is 0 Å². The van der Waals surface area contributed by atoms with Crippen LogP contribution in [-0.4, -0.2) is 81.5 Å². The monoisotopic (exact) mass is 528 g/mol. The number of aliphatic imine (C=N–C) groups is 1. The van der Waals surface area contributed by atoms with Gasteiger partial charge in [0.2, 0.25) is 0 Å². The largest absolute Gasteiger partial charge is 0.381 e. The molecule has 30 heavy (non-hydrogen) atoms. The molecule has 0 aliphatic carbocycles. The van der Waals surface area contributed by atoms with Crippen LogP contribution >= 0.6 is 24.0 Å². The average Bonchev–Trinajstić information content (AvgIpc) is 3.39. The zero-order chi connectivity index (χ0) is 20.1. The van der Waals surface area contributed by atoms with Crippen molar-refractivity contribution in [2.75, 3.05) is 65.7 Å². The molecule has 3 heterocycles. The molecular formula is C23H37IN4O2. The summed E-state index contributed by atoms with van der Waals surface area (Å²) in [5.41, 5.74) is 2.99. The minimum absolute atomic E-state index is 0. The second-order valence-corrected chi connectivity index (χ2v) is 8.74. The van der Waals surface area contributed by atoms with Crippen LogP contribution in [0.3, 0.4) is 0 Å². The number of halogens is 1. The van der Waals surface area contributed by atoms with E-state index in [1.807, 2.05) is 0 Å². The highest BCUT2D eigenvalue weighted by Gasteiger charge is 2.42. The van der Waals surface area contributed by atoms with Crippen molar-refractivity contribution in [1.82, 2.24) is 15.1 Å². The van der Waals surface area contributed by atoms with E-state index in [0.717, 1.165) is 71.7 Å². The van der Waals surface area contributed by atoms with E-state index in [0.29, 0.717) is 11.5 Å². The lowest BCUT2D eigenvalue weighted by molar-refractivity contribution is 0.0179. The molecule has 1 aromatic rings. The minimum Gasteiger partial charge on any atom is -0.381 e. The Morgan fingerprint density at radius 2 is 1.87 bits per heavy atom. The number of aryl methyl sites for hydroxylation is 1. The molecule has 7 heteroatoms. The minimum atomic E-state index is 0. The fourth-order valence-corrected chi connectivity index (χ4v) is 4.80. The number of guanidine groups is 1. The first kappa shape index (κ1) is 23.8. The van der Waals surface area contributed by atoms with E-state index in [2.05, 4.69) is 53.2 Å². The van der Waals surface area contributed by atoms with Gasteiger partial charge in [-0.3, -0.25) is 9.89 Å². The molecule has 1 aromatic carbocycles. The second kappa shape index (κ2) is 11.1. The van der Waals surface area contributed by atoms with Crippen LogP contribution in [0.1, 0.15) is 36.9 Å². The van der Waals surface area contributed by atoms with Crippen LogP contribution in [0.5, 0.6) is 0 Å². The van der Waals surface area contributed by atoms with Gasteiger partial charge >= 0.3 is 0 Å². The van der Waals surface area contributed by atoms with E-state index in [1.165, 1.54) is 24.0 Å². The maximum absolute atomic E-state index is 5.71. The SMILES string of the molecule is CCNC(=NCC(c1ccc(C)cc1)N1CCOCC1)N1CCC2(CCOC2)C1.I. The fourth-order valence-electron chi connectivity index (χ4n) is 4.80. The Bertz CT molecular complexity index is 685. The number of likely N-dealkylation sites (tertiary alicyclic amines) is 1. The standard InChI is InChI=1S/C23H36N4O2.HI/c1-3-24-22(27-10-8-23(17-27)9-13-29-18-23)25-16-21(26-11-14-28-15-12-26)20-6-4-19(2)5-7-20;/h4-7,21H,3,8-18H2,1-2H3,(H,24,25);1H. The number of ether oxygens (including phenoxy) is 2. The van der Waals surface area contributed by atoms with E-state index >= 15 is 0 Å². The number of rotatable bonds is 5. The topological polar surface area (TPSA) is 49.3 Å². The Hall–Kier alpha value is -0.900. The molecule has 1 spiro atoms. The molecule has 0 bridgehead atoms. The van der Waals surface area contributed by atoms with Crippen molar-refractivity contribution in [1.29, 1.82) is 0 Å². The van der Waals surface area contributed by atoms with Crippen LogP contribution in [0.4, 0.5) is 0 Å². The maximum atomic E-state index is 5.71. The van der Waals surface area contributed by atoms with Crippen molar-refractivity contribution in [3.63, 3.8) is 0 Å². The summed E-state index contributed by atoms with van der Waals surface area (Å²) in [6.07, 6.45) is 2.39. The third-order valence-corrected chi connectivity index (χ3v) is 6.62. The lowest BCUT2D eigenvalue weighted by atomic mass is 9.87. The number of nitrogens with one attached hydrogen (secondary N) is 1.